The quantitative estimate of drug-likeness (QED) is 0.326. The van der Waals surface area contributed by atoms with Crippen LogP contribution in [0.4, 0.5) is 5.82 Å². The monoisotopic (exact) mass is 476 g/mol. The summed E-state index contributed by atoms with van der Waals surface area (Å²) in [4.78, 5) is 23.4. The van der Waals surface area contributed by atoms with Crippen LogP contribution in [0.2, 0.25) is 0 Å². The maximum atomic E-state index is 13.2. The van der Waals surface area contributed by atoms with Gasteiger partial charge in [0.05, 0.1) is 0 Å². The number of carbonyl (C=O) groups is 1. The number of hydrogen-bond donors (Lipinski definition) is 4. The highest BCUT2D eigenvalue weighted by Crippen LogP contribution is 2.45. The molecule has 0 fully saturated rings. The summed E-state index contributed by atoms with van der Waals surface area (Å²) in [6.45, 7) is 0.927. The van der Waals surface area contributed by atoms with Crippen LogP contribution < -0.4 is 15.3 Å². The van der Waals surface area contributed by atoms with Gasteiger partial charge in [-0.1, -0.05) is 18.2 Å². The SMILES string of the molecule is CC(N[P@](=O)(OCC1=CC(O)C(n2cnc3c(N)ncnc32)O1)Oc1ccccc1)C(=O)O. The molecular formula is C19H21N6O7P. The molecule has 1 aromatic carbocycles. The minimum Gasteiger partial charge on any atom is -0.480 e. The number of rotatable bonds is 9. The summed E-state index contributed by atoms with van der Waals surface area (Å²) in [5.74, 6) is -0.693. The topological polar surface area (TPSA) is 184 Å². The molecule has 14 heteroatoms. The van der Waals surface area contributed by atoms with Crippen molar-refractivity contribution in [3.8, 4) is 5.75 Å². The lowest BCUT2D eigenvalue weighted by Gasteiger charge is -2.22. The molecule has 0 amide bonds. The Bertz CT molecular complexity index is 1230. The Morgan fingerprint density at radius 1 is 1.33 bits per heavy atom. The van der Waals surface area contributed by atoms with Crippen LogP contribution in [-0.4, -0.2) is 54.5 Å². The molecule has 3 aromatic rings. The van der Waals surface area contributed by atoms with Crippen molar-refractivity contribution >= 4 is 30.7 Å². The van der Waals surface area contributed by atoms with Gasteiger partial charge in [-0.25, -0.2) is 19.5 Å². The zero-order valence-electron chi connectivity index (χ0n) is 17.3. The van der Waals surface area contributed by atoms with Gasteiger partial charge in [-0.15, -0.1) is 0 Å². The van der Waals surface area contributed by atoms with Gasteiger partial charge in [0.25, 0.3) is 0 Å². The van der Waals surface area contributed by atoms with Crippen molar-refractivity contribution in [3.05, 3.63) is 54.8 Å². The lowest BCUT2D eigenvalue weighted by atomic mass is 10.3. The fraction of sp³-hybridized carbons (Fsp3) is 0.263. The third-order valence-electron chi connectivity index (χ3n) is 4.65. The molecule has 0 aliphatic carbocycles. The van der Waals surface area contributed by atoms with Crippen LogP contribution in [0.3, 0.4) is 0 Å². The van der Waals surface area contributed by atoms with Crippen molar-refractivity contribution in [2.24, 2.45) is 0 Å². The van der Waals surface area contributed by atoms with Crippen LogP contribution in [0.25, 0.3) is 11.2 Å². The van der Waals surface area contributed by atoms with E-state index in [1.54, 1.807) is 30.3 Å². The van der Waals surface area contributed by atoms with Gasteiger partial charge in [0, 0.05) is 0 Å². The van der Waals surface area contributed by atoms with Gasteiger partial charge in [0.2, 0.25) is 6.23 Å². The van der Waals surface area contributed by atoms with E-state index in [2.05, 4.69) is 20.0 Å². The highest BCUT2D eigenvalue weighted by atomic mass is 31.2. The van der Waals surface area contributed by atoms with Crippen molar-refractivity contribution in [1.82, 2.24) is 24.6 Å². The Balaban J connectivity index is 1.48. The summed E-state index contributed by atoms with van der Waals surface area (Å²) in [5, 5.41) is 22.0. The van der Waals surface area contributed by atoms with E-state index >= 15 is 0 Å². The molecule has 33 heavy (non-hydrogen) atoms. The van der Waals surface area contributed by atoms with Crippen LogP contribution in [-0.2, 0) is 18.6 Å². The molecule has 4 atom stereocenters. The second-order valence-electron chi connectivity index (χ2n) is 7.08. The lowest BCUT2D eigenvalue weighted by Crippen LogP contribution is -2.33. The van der Waals surface area contributed by atoms with E-state index in [9.17, 15) is 19.6 Å². The number of imidazole rings is 1. The van der Waals surface area contributed by atoms with Gasteiger partial charge in [-0.2, -0.15) is 5.09 Å². The standard InChI is InChI=1S/C19H21N6O7P/c1-11(19(27)28)24-33(29,32-12-5-3-2-4-6-12)30-8-13-7-14(26)18(31-13)25-10-23-15-16(20)21-9-22-17(15)25/h2-7,9-11,14,18,26H,8H2,1H3,(H,24,29)(H,27,28)(H2,20,21,22)/t11?,14?,18?,33-/m0/s1. The largest absolute Gasteiger partial charge is 0.480 e. The summed E-state index contributed by atoms with van der Waals surface area (Å²) in [6, 6.07) is 6.94. The van der Waals surface area contributed by atoms with Crippen molar-refractivity contribution in [1.29, 1.82) is 0 Å². The molecule has 0 saturated heterocycles. The molecule has 1 aliphatic rings. The molecule has 2 aromatic heterocycles. The molecule has 3 heterocycles. The summed E-state index contributed by atoms with van der Waals surface area (Å²) >= 11 is 0. The summed E-state index contributed by atoms with van der Waals surface area (Å²) < 4.78 is 31.4. The Labute approximate surface area is 187 Å². The molecule has 0 spiro atoms. The Hall–Kier alpha value is -3.51. The minimum atomic E-state index is -4.14. The van der Waals surface area contributed by atoms with E-state index < -0.39 is 32.1 Å². The zero-order chi connectivity index (χ0) is 23.6. The molecular weight excluding hydrogens is 455 g/mol. The molecule has 0 radical (unpaired) electrons. The number of nitrogens with two attached hydrogens (primary N) is 1. The van der Waals surface area contributed by atoms with Gasteiger partial charge < -0.3 is 25.2 Å². The van der Waals surface area contributed by atoms with E-state index in [1.807, 2.05) is 0 Å². The number of nitrogen functional groups attached to an aromatic ring is 1. The van der Waals surface area contributed by atoms with E-state index in [1.165, 1.54) is 30.2 Å². The molecule has 5 N–H and O–H groups in total. The summed E-state index contributed by atoms with van der Waals surface area (Å²) in [6.07, 6.45) is 2.01. The normalized spacial score (nSPS) is 20.6. The first-order chi connectivity index (χ1) is 15.8. The lowest BCUT2D eigenvalue weighted by molar-refractivity contribution is -0.138. The number of benzene rings is 1. The smallest absolute Gasteiger partial charge is 0.459 e. The number of aromatic nitrogens is 4. The molecule has 13 nitrogen and oxygen atoms in total. The first-order valence-electron chi connectivity index (χ1n) is 9.74. The number of hydrogen-bond acceptors (Lipinski definition) is 10. The Morgan fingerprint density at radius 2 is 2.09 bits per heavy atom. The number of fused-ring (bicyclic) bond motifs is 1. The van der Waals surface area contributed by atoms with Crippen LogP contribution in [0.1, 0.15) is 13.2 Å². The predicted molar refractivity (Wildman–Crippen MR) is 115 cm³/mol. The minimum absolute atomic E-state index is 0.151. The maximum Gasteiger partial charge on any atom is 0.459 e. The van der Waals surface area contributed by atoms with Crippen molar-refractivity contribution in [2.75, 3.05) is 12.3 Å². The number of aliphatic hydroxyl groups is 1. The predicted octanol–water partition coefficient (Wildman–Crippen LogP) is 1.45. The first kappa shape index (κ1) is 22.7. The number of nitrogens with zero attached hydrogens (tertiary/aromatic N) is 4. The molecule has 174 valence electrons. The zero-order valence-corrected chi connectivity index (χ0v) is 18.2. The number of aliphatic carboxylic acids is 1. The highest BCUT2D eigenvalue weighted by Gasteiger charge is 2.35. The number of nitrogens with one attached hydrogen (secondary N) is 1. The van der Waals surface area contributed by atoms with Gasteiger partial charge in [0.1, 0.15) is 48.4 Å². The number of carboxylic acids is 1. The maximum absolute atomic E-state index is 13.2. The van der Waals surface area contributed by atoms with Gasteiger partial charge in [-0.05, 0) is 25.1 Å². The molecule has 0 saturated carbocycles. The average Bonchev–Trinajstić information content (AvgIpc) is 3.37. The molecule has 1 aliphatic heterocycles. The van der Waals surface area contributed by atoms with E-state index in [4.69, 9.17) is 19.5 Å². The average molecular weight is 476 g/mol. The number of anilines is 1. The second kappa shape index (κ2) is 9.16. The Kier molecular flexibility index (Phi) is 6.29. The fourth-order valence-electron chi connectivity index (χ4n) is 3.05. The fourth-order valence-corrected chi connectivity index (χ4v) is 4.51. The van der Waals surface area contributed by atoms with Crippen molar-refractivity contribution in [3.63, 3.8) is 0 Å². The molecule has 4 rings (SSSR count). The summed E-state index contributed by atoms with van der Waals surface area (Å²) in [7, 11) is -4.14. The number of para-hydroxylation sites is 1. The van der Waals surface area contributed by atoms with Gasteiger partial charge in [-0.3, -0.25) is 13.9 Å². The van der Waals surface area contributed by atoms with Gasteiger partial charge in [0.15, 0.2) is 11.5 Å². The van der Waals surface area contributed by atoms with Crippen LogP contribution in [0, 0.1) is 0 Å². The van der Waals surface area contributed by atoms with E-state index in [0.29, 0.717) is 11.2 Å². The summed E-state index contributed by atoms with van der Waals surface area (Å²) in [5.41, 5.74) is 6.50. The first-order valence-corrected chi connectivity index (χ1v) is 11.3. The third kappa shape index (κ3) is 4.96. The molecule has 3 unspecified atom stereocenters. The van der Waals surface area contributed by atoms with E-state index in [0.717, 1.165) is 0 Å². The molecule has 0 bridgehead atoms. The highest BCUT2D eigenvalue weighted by molar-refractivity contribution is 7.52. The second-order valence-corrected chi connectivity index (χ2v) is 8.77. The third-order valence-corrected chi connectivity index (χ3v) is 6.27. The van der Waals surface area contributed by atoms with Crippen LogP contribution in [0.15, 0.2) is 54.8 Å². The van der Waals surface area contributed by atoms with Crippen LogP contribution >= 0.6 is 7.75 Å². The number of ether oxygens (including phenoxy) is 1. The van der Waals surface area contributed by atoms with Gasteiger partial charge >= 0.3 is 13.7 Å². The van der Waals surface area contributed by atoms with Crippen molar-refractivity contribution < 1.29 is 33.4 Å². The Morgan fingerprint density at radius 3 is 2.82 bits per heavy atom. The van der Waals surface area contributed by atoms with Crippen molar-refractivity contribution in [2.45, 2.75) is 25.3 Å². The number of carboxylic acid groups (broad SMARTS) is 1. The van der Waals surface area contributed by atoms with Crippen LogP contribution in [0.5, 0.6) is 5.75 Å². The number of aliphatic hydroxyl groups excluding tert-OH is 1. The van der Waals surface area contributed by atoms with E-state index in [-0.39, 0.29) is 23.9 Å².